The average molecular weight is 167 g/mol. The van der Waals surface area contributed by atoms with Crippen LogP contribution in [0.4, 0.5) is 0 Å². The maximum absolute atomic E-state index is 11.2. The third-order valence-electron chi connectivity index (χ3n) is 1.58. The highest BCUT2D eigenvalue weighted by molar-refractivity contribution is 6.17. The van der Waals surface area contributed by atoms with Crippen LogP contribution < -0.4 is 0 Å². The van der Waals surface area contributed by atoms with Gasteiger partial charge in [0.25, 0.3) is 11.8 Å². The number of imide groups is 1. The van der Waals surface area contributed by atoms with E-state index in [0.717, 1.165) is 4.90 Å². The van der Waals surface area contributed by atoms with Gasteiger partial charge in [-0.3, -0.25) is 14.5 Å². The standard InChI is InChI=1S/C8H9NO3/c1-2-6-5-7(11)9(3-4-10)8(6)12/h2,5,10H,1,3-4H2. The molecule has 0 saturated heterocycles. The van der Waals surface area contributed by atoms with Crippen molar-refractivity contribution in [2.24, 2.45) is 0 Å². The predicted octanol–water partition coefficient (Wildman–Crippen LogP) is -0.540. The number of hydrogen-bond acceptors (Lipinski definition) is 3. The lowest BCUT2D eigenvalue weighted by atomic mass is 10.3. The van der Waals surface area contributed by atoms with Crippen molar-refractivity contribution in [3.05, 3.63) is 24.3 Å². The van der Waals surface area contributed by atoms with E-state index in [1.165, 1.54) is 12.2 Å². The number of carbonyl (C=O) groups excluding carboxylic acids is 2. The predicted molar refractivity (Wildman–Crippen MR) is 42.1 cm³/mol. The molecule has 0 aliphatic carbocycles. The molecule has 0 aromatic heterocycles. The largest absolute Gasteiger partial charge is 0.395 e. The molecular weight excluding hydrogens is 158 g/mol. The molecule has 2 amide bonds. The molecule has 1 heterocycles. The van der Waals surface area contributed by atoms with Crippen LogP contribution >= 0.6 is 0 Å². The van der Waals surface area contributed by atoms with Crippen LogP contribution in [-0.2, 0) is 9.59 Å². The molecule has 0 atom stereocenters. The van der Waals surface area contributed by atoms with E-state index in [2.05, 4.69) is 6.58 Å². The van der Waals surface area contributed by atoms with E-state index in [9.17, 15) is 9.59 Å². The smallest absolute Gasteiger partial charge is 0.260 e. The topological polar surface area (TPSA) is 57.6 Å². The third kappa shape index (κ3) is 1.29. The van der Waals surface area contributed by atoms with Gasteiger partial charge in [0.05, 0.1) is 13.2 Å². The Morgan fingerprint density at radius 3 is 2.67 bits per heavy atom. The quantitative estimate of drug-likeness (QED) is 0.574. The van der Waals surface area contributed by atoms with E-state index in [-0.39, 0.29) is 30.5 Å². The van der Waals surface area contributed by atoms with Crippen LogP contribution in [0.15, 0.2) is 24.3 Å². The number of nitrogens with zero attached hydrogens (tertiary/aromatic N) is 1. The Morgan fingerprint density at radius 1 is 1.58 bits per heavy atom. The number of carbonyl (C=O) groups is 2. The Bertz CT molecular complexity index is 267. The average Bonchev–Trinajstić information content (AvgIpc) is 2.32. The van der Waals surface area contributed by atoms with Crippen molar-refractivity contribution >= 4 is 11.8 Å². The molecule has 0 saturated carbocycles. The van der Waals surface area contributed by atoms with Crippen molar-refractivity contribution in [2.75, 3.05) is 13.2 Å². The molecule has 0 radical (unpaired) electrons. The van der Waals surface area contributed by atoms with Gasteiger partial charge in [0.15, 0.2) is 0 Å². The van der Waals surface area contributed by atoms with Crippen molar-refractivity contribution in [3.8, 4) is 0 Å². The molecule has 0 aromatic rings. The summed E-state index contributed by atoms with van der Waals surface area (Å²) < 4.78 is 0. The molecule has 1 aliphatic rings. The summed E-state index contributed by atoms with van der Waals surface area (Å²) in [5.74, 6) is -0.770. The van der Waals surface area contributed by atoms with Crippen molar-refractivity contribution in [1.29, 1.82) is 0 Å². The van der Waals surface area contributed by atoms with E-state index < -0.39 is 0 Å². The summed E-state index contributed by atoms with van der Waals surface area (Å²) in [4.78, 5) is 23.2. The first kappa shape index (κ1) is 8.67. The molecule has 4 heteroatoms. The van der Waals surface area contributed by atoms with Gasteiger partial charge in [0, 0.05) is 11.6 Å². The zero-order chi connectivity index (χ0) is 9.14. The van der Waals surface area contributed by atoms with Crippen LogP contribution in [0.25, 0.3) is 0 Å². The summed E-state index contributed by atoms with van der Waals surface area (Å²) >= 11 is 0. The van der Waals surface area contributed by atoms with Crippen molar-refractivity contribution < 1.29 is 14.7 Å². The lowest BCUT2D eigenvalue weighted by Gasteiger charge is -2.11. The fourth-order valence-corrected chi connectivity index (χ4v) is 0.987. The lowest BCUT2D eigenvalue weighted by Crippen LogP contribution is -2.33. The van der Waals surface area contributed by atoms with E-state index >= 15 is 0 Å². The zero-order valence-corrected chi connectivity index (χ0v) is 6.49. The summed E-state index contributed by atoms with van der Waals surface area (Å²) in [7, 11) is 0. The molecule has 64 valence electrons. The van der Waals surface area contributed by atoms with Gasteiger partial charge in [0.2, 0.25) is 0 Å². The van der Waals surface area contributed by atoms with Gasteiger partial charge >= 0.3 is 0 Å². The number of rotatable bonds is 3. The summed E-state index contributed by atoms with van der Waals surface area (Å²) in [6, 6.07) is 0. The van der Waals surface area contributed by atoms with Crippen LogP contribution in [0.5, 0.6) is 0 Å². The minimum absolute atomic E-state index is 0.0471. The zero-order valence-electron chi connectivity index (χ0n) is 6.49. The molecule has 0 spiro atoms. The third-order valence-corrected chi connectivity index (χ3v) is 1.58. The Labute approximate surface area is 69.8 Å². The van der Waals surface area contributed by atoms with Gasteiger partial charge in [-0.25, -0.2) is 0 Å². The normalized spacial score (nSPS) is 16.8. The van der Waals surface area contributed by atoms with Crippen LogP contribution in [0.2, 0.25) is 0 Å². The van der Waals surface area contributed by atoms with Crippen LogP contribution in [0.1, 0.15) is 0 Å². The summed E-state index contributed by atoms with van der Waals surface area (Å²) in [5.41, 5.74) is 0.286. The van der Waals surface area contributed by atoms with E-state index in [0.29, 0.717) is 0 Å². The number of hydrogen-bond donors (Lipinski definition) is 1. The van der Waals surface area contributed by atoms with Gasteiger partial charge in [-0.05, 0) is 0 Å². The Kier molecular flexibility index (Phi) is 2.40. The second-order valence-electron chi connectivity index (χ2n) is 2.32. The van der Waals surface area contributed by atoms with Gasteiger partial charge in [-0.1, -0.05) is 12.7 Å². The van der Waals surface area contributed by atoms with Crippen LogP contribution in [0, 0.1) is 0 Å². The summed E-state index contributed by atoms with van der Waals surface area (Å²) in [5, 5.41) is 8.53. The minimum atomic E-state index is -0.385. The van der Waals surface area contributed by atoms with Gasteiger partial charge < -0.3 is 5.11 Å². The van der Waals surface area contributed by atoms with Crippen molar-refractivity contribution in [3.63, 3.8) is 0 Å². The molecular formula is C8H9NO3. The first-order valence-electron chi connectivity index (χ1n) is 3.51. The molecule has 12 heavy (non-hydrogen) atoms. The van der Waals surface area contributed by atoms with Gasteiger partial charge in [0.1, 0.15) is 0 Å². The second kappa shape index (κ2) is 3.32. The Balaban J connectivity index is 2.80. The molecule has 4 nitrogen and oxygen atoms in total. The second-order valence-corrected chi connectivity index (χ2v) is 2.32. The van der Waals surface area contributed by atoms with Gasteiger partial charge in [-0.15, -0.1) is 0 Å². The van der Waals surface area contributed by atoms with E-state index in [1.54, 1.807) is 0 Å². The highest BCUT2D eigenvalue weighted by Gasteiger charge is 2.28. The summed E-state index contributed by atoms with van der Waals surface area (Å²) in [6.45, 7) is 3.23. The molecule has 1 N–H and O–H groups in total. The fourth-order valence-electron chi connectivity index (χ4n) is 0.987. The molecule has 1 rings (SSSR count). The van der Waals surface area contributed by atoms with Crippen molar-refractivity contribution in [1.82, 2.24) is 4.90 Å². The summed E-state index contributed by atoms with van der Waals surface area (Å²) in [6.07, 6.45) is 2.54. The van der Waals surface area contributed by atoms with Crippen LogP contribution in [-0.4, -0.2) is 35.0 Å². The van der Waals surface area contributed by atoms with Crippen LogP contribution in [0.3, 0.4) is 0 Å². The number of amides is 2. The van der Waals surface area contributed by atoms with Crippen molar-refractivity contribution in [2.45, 2.75) is 0 Å². The monoisotopic (exact) mass is 167 g/mol. The Morgan fingerprint density at radius 2 is 2.25 bits per heavy atom. The molecule has 0 unspecified atom stereocenters. The first-order chi connectivity index (χ1) is 5.70. The first-order valence-corrected chi connectivity index (χ1v) is 3.51. The molecule has 0 aromatic carbocycles. The maximum Gasteiger partial charge on any atom is 0.260 e. The number of β-amino-alcohol motifs (C(OH)–C–C–N with tert-alkyl or cyclic N) is 1. The van der Waals surface area contributed by atoms with E-state index in [4.69, 9.17) is 5.11 Å². The molecule has 0 fully saturated rings. The minimum Gasteiger partial charge on any atom is -0.395 e. The highest BCUT2D eigenvalue weighted by atomic mass is 16.3. The lowest BCUT2D eigenvalue weighted by molar-refractivity contribution is -0.137. The molecule has 0 bridgehead atoms. The fraction of sp³-hybridized carbons (Fsp3) is 0.250. The number of aliphatic hydroxyl groups is 1. The van der Waals surface area contributed by atoms with Gasteiger partial charge in [-0.2, -0.15) is 0 Å². The number of aliphatic hydroxyl groups excluding tert-OH is 1. The molecule has 1 aliphatic heterocycles. The SMILES string of the molecule is C=CC1=CC(=O)N(CCO)C1=O. The van der Waals surface area contributed by atoms with E-state index in [1.807, 2.05) is 0 Å². The maximum atomic E-state index is 11.2. The Hall–Kier alpha value is -1.42. The highest BCUT2D eigenvalue weighted by Crippen LogP contribution is 2.12.